The minimum Gasteiger partial charge on any atom is -0.357 e. The molecule has 0 radical (unpaired) electrons. The van der Waals surface area contributed by atoms with Gasteiger partial charge in [-0.25, -0.2) is 9.98 Å². The van der Waals surface area contributed by atoms with Crippen LogP contribution in [-0.4, -0.2) is 48.1 Å². The normalized spacial score (nSPS) is 16.7. The quantitative estimate of drug-likeness (QED) is 0.261. The van der Waals surface area contributed by atoms with Gasteiger partial charge >= 0.3 is 6.18 Å². The van der Waals surface area contributed by atoms with Crippen LogP contribution in [0.15, 0.2) is 22.5 Å². The van der Waals surface area contributed by atoms with Crippen molar-refractivity contribution in [3.05, 3.63) is 28.2 Å². The van der Waals surface area contributed by atoms with Gasteiger partial charge in [-0.2, -0.15) is 13.2 Å². The number of hydrogen-bond donors (Lipinski definition) is 2. The Kier molecular flexibility index (Phi) is 10.0. The van der Waals surface area contributed by atoms with Gasteiger partial charge < -0.3 is 10.6 Å². The molecule has 1 fully saturated rings. The van der Waals surface area contributed by atoms with Crippen molar-refractivity contribution in [2.45, 2.75) is 45.5 Å². The molecule has 2 rings (SSSR count). The van der Waals surface area contributed by atoms with Gasteiger partial charge in [-0.1, -0.05) is 12.2 Å². The van der Waals surface area contributed by atoms with Crippen molar-refractivity contribution in [2.75, 3.05) is 26.2 Å². The highest BCUT2D eigenvalue weighted by atomic mass is 127. The van der Waals surface area contributed by atoms with Crippen LogP contribution in [0.2, 0.25) is 0 Å². The lowest BCUT2D eigenvalue weighted by Crippen LogP contribution is -2.48. The Labute approximate surface area is 179 Å². The molecular weight excluding hydrogens is 490 g/mol. The summed E-state index contributed by atoms with van der Waals surface area (Å²) in [6.45, 7) is 11.7. The number of guanidine groups is 1. The van der Waals surface area contributed by atoms with Crippen LogP contribution in [0.4, 0.5) is 13.2 Å². The number of piperidine rings is 1. The summed E-state index contributed by atoms with van der Waals surface area (Å²) < 4.78 is 37.8. The van der Waals surface area contributed by atoms with E-state index in [1.807, 2.05) is 13.8 Å². The second-order valence-electron chi connectivity index (χ2n) is 6.47. The Hall–Kier alpha value is -0.880. The Morgan fingerprint density at radius 1 is 1.41 bits per heavy atom. The molecular formula is C17H27F3IN5S. The first-order chi connectivity index (χ1) is 12.3. The van der Waals surface area contributed by atoms with E-state index in [1.54, 1.807) is 0 Å². The minimum atomic E-state index is -4.40. The Morgan fingerprint density at radius 3 is 2.59 bits per heavy atom. The molecule has 1 aliphatic heterocycles. The van der Waals surface area contributed by atoms with Gasteiger partial charge in [0.25, 0.3) is 0 Å². The van der Waals surface area contributed by atoms with Crippen molar-refractivity contribution >= 4 is 41.3 Å². The van der Waals surface area contributed by atoms with Gasteiger partial charge in [-0.3, -0.25) is 4.90 Å². The van der Waals surface area contributed by atoms with Crippen molar-refractivity contribution in [2.24, 2.45) is 4.99 Å². The van der Waals surface area contributed by atoms with Crippen molar-refractivity contribution in [1.29, 1.82) is 0 Å². The summed E-state index contributed by atoms with van der Waals surface area (Å²) in [7, 11) is 0. The smallest absolute Gasteiger partial charge is 0.357 e. The van der Waals surface area contributed by atoms with Crippen LogP contribution in [0.3, 0.4) is 0 Å². The first-order valence-corrected chi connectivity index (χ1v) is 9.59. The maximum absolute atomic E-state index is 12.6. The third kappa shape index (κ3) is 8.34. The maximum atomic E-state index is 12.6. The zero-order valence-corrected chi connectivity index (χ0v) is 18.8. The van der Waals surface area contributed by atoms with Crippen molar-refractivity contribution < 1.29 is 13.2 Å². The molecule has 0 atom stereocenters. The van der Waals surface area contributed by atoms with E-state index in [0.29, 0.717) is 23.6 Å². The van der Waals surface area contributed by atoms with Crippen LogP contribution in [0.5, 0.6) is 0 Å². The summed E-state index contributed by atoms with van der Waals surface area (Å²) in [5, 5.41) is 7.91. The first kappa shape index (κ1) is 24.2. The summed E-state index contributed by atoms with van der Waals surface area (Å²) in [6.07, 6.45) is -2.42. The number of nitrogens with zero attached hydrogens (tertiary/aromatic N) is 3. The number of nitrogens with one attached hydrogen (secondary N) is 2. The number of hydrogen-bond acceptors (Lipinski definition) is 4. The second kappa shape index (κ2) is 11.2. The van der Waals surface area contributed by atoms with E-state index in [-0.39, 0.29) is 30.5 Å². The van der Waals surface area contributed by atoms with Gasteiger partial charge in [-0.15, -0.1) is 35.3 Å². The summed E-state index contributed by atoms with van der Waals surface area (Å²) >= 11 is 0.980. The molecule has 2 heterocycles. The summed E-state index contributed by atoms with van der Waals surface area (Å²) in [6, 6.07) is 0.302. The van der Waals surface area contributed by atoms with E-state index >= 15 is 0 Å². The molecule has 0 amide bonds. The molecule has 27 heavy (non-hydrogen) atoms. The molecule has 10 heteroatoms. The average Bonchev–Trinajstić information content (AvgIpc) is 3.03. The van der Waals surface area contributed by atoms with Crippen LogP contribution in [0.1, 0.15) is 37.4 Å². The minimum absolute atomic E-state index is 0. The maximum Gasteiger partial charge on any atom is 0.434 e. The van der Waals surface area contributed by atoms with E-state index in [4.69, 9.17) is 0 Å². The molecule has 0 spiro atoms. The SMILES string of the molecule is C=C(C)CN1CCC(NC(=NCc2nc(C(F)(F)F)cs2)NCC)CC1.I. The third-order valence-electron chi connectivity index (χ3n) is 3.98. The van der Waals surface area contributed by atoms with E-state index in [1.165, 1.54) is 0 Å². The monoisotopic (exact) mass is 517 g/mol. The number of alkyl halides is 3. The summed E-state index contributed by atoms with van der Waals surface area (Å²) in [4.78, 5) is 10.4. The number of rotatable bonds is 6. The zero-order valence-electron chi connectivity index (χ0n) is 15.6. The van der Waals surface area contributed by atoms with Gasteiger partial charge in [0.2, 0.25) is 0 Å². The van der Waals surface area contributed by atoms with E-state index in [2.05, 4.69) is 32.1 Å². The fourth-order valence-electron chi connectivity index (χ4n) is 2.79. The number of aromatic nitrogens is 1. The van der Waals surface area contributed by atoms with Crippen LogP contribution < -0.4 is 10.6 Å². The number of thiazole rings is 1. The Morgan fingerprint density at radius 2 is 2.07 bits per heavy atom. The average molecular weight is 517 g/mol. The molecule has 2 N–H and O–H groups in total. The highest BCUT2D eigenvalue weighted by Gasteiger charge is 2.33. The first-order valence-electron chi connectivity index (χ1n) is 8.71. The fourth-order valence-corrected chi connectivity index (χ4v) is 3.52. The predicted octanol–water partition coefficient (Wildman–Crippen LogP) is 3.88. The van der Waals surface area contributed by atoms with E-state index in [9.17, 15) is 13.2 Å². The Bertz CT molecular complexity index is 624. The Balaban J connectivity index is 0.00000364. The van der Waals surface area contributed by atoms with Gasteiger partial charge in [0, 0.05) is 37.6 Å². The van der Waals surface area contributed by atoms with Crippen LogP contribution >= 0.6 is 35.3 Å². The van der Waals surface area contributed by atoms with E-state index < -0.39 is 11.9 Å². The zero-order chi connectivity index (χ0) is 19.2. The molecule has 1 aromatic rings. The number of halogens is 4. The molecule has 0 aliphatic carbocycles. The van der Waals surface area contributed by atoms with Crippen LogP contribution in [0, 0.1) is 0 Å². The molecule has 1 aliphatic rings. The van der Waals surface area contributed by atoms with Crippen LogP contribution in [0.25, 0.3) is 0 Å². The second-order valence-corrected chi connectivity index (χ2v) is 7.41. The fraction of sp³-hybridized carbons (Fsp3) is 0.647. The lowest BCUT2D eigenvalue weighted by atomic mass is 10.0. The van der Waals surface area contributed by atoms with Gasteiger partial charge in [-0.05, 0) is 26.7 Å². The molecule has 5 nitrogen and oxygen atoms in total. The van der Waals surface area contributed by atoms with Gasteiger partial charge in [0.05, 0.1) is 6.54 Å². The topological polar surface area (TPSA) is 52.5 Å². The molecule has 154 valence electrons. The lowest BCUT2D eigenvalue weighted by Gasteiger charge is -2.33. The van der Waals surface area contributed by atoms with Crippen molar-refractivity contribution in [3.8, 4) is 0 Å². The molecule has 1 saturated heterocycles. The molecule has 0 bridgehead atoms. The molecule has 0 unspecified atom stereocenters. The van der Waals surface area contributed by atoms with Gasteiger partial charge in [0.15, 0.2) is 11.7 Å². The van der Waals surface area contributed by atoms with Crippen molar-refractivity contribution in [1.82, 2.24) is 20.5 Å². The molecule has 0 saturated carbocycles. The summed E-state index contributed by atoms with van der Waals surface area (Å²) in [5.41, 5.74) is 0.309. The standard InChI is InChI=1S/C17H26F3N5S.HI/c1-4-21-16(22-9-15-24-14(11-26-15)17(18,19)20)23-13-5-7-25(8-6-13)10-12(2)3;/h11,13H,2,4-10H2,1,3H3,(H2,21,22,23);1H. The summed E-state index contributed by atoms with van der Waals surface area (Å²) in [5.74, 6) is 0.620. The molecule has 0 aromatic carbocycles. The van der Waals surface area contributed by atoms with Crippen LogP contribution in [-0.2, 0) is 12.7 Å². The highest BCUT2D eigenvalue weighted by molar-refractivity contribution is 14.0. The highest BCUT2D eigenvalue weighted by Crippen LogP contribution is 2.30. The van der Waals surface area contributed by atoms with Gasteiger partial charge in [0.1, 0.15) is 5.01 Å². The third-order valence-corrected chi connectivity index (χ3v) is 4.81. The predicted molar refractivity (Wildman–Crippen MR) is 115 cm³/mol. The number of likely N-dealkylation sites (tertiary alicyclic amines) is 1. The molecule has 1 aromatic heterocycles. The van der Waals surface area contributed by atoms with E-state index in [0.717, 1.165) is 54.8 Å². The van der Waals surface area contributed by atoms with Crippen molar-refractivity contribution in [3.63, 3.8) is 0 Å². The number of aliphatic imine (C=N–C) groups is 1. The largest absolute Gasteiger partial charge is 0.434 e. The lowest BCUT2D eigenvalue weighted by molar-refractivity contribution is -0.140.